The number of nitrogens with one attached hydrogen (secondary N) is 1. The summed E-state index contributed by atoms with van der Waals surface area (Å²) < 4.78 is 5.85. The Hall–Kier alpha value is -3.92. The second kappa shape index (κ2) is 7.10. The van der Waals surface area contributed by atoms with Crippen LogP contribution in [0.4, 0.5) is 0 Å². The minimum atomic E-state index is -0.279. The van der Waals surface area contributed by atoms with Gasteiger partial charge in [-0.05, 0) is 41.0 Å². The number of carbonyl (C=O) groups excluding carboxylic acids is 1. The maximum atomic E-state index is 13.2. The molecule has 0 aliphatic carbocycles. The number of esters is 1. The minimum Gasteiger partial charge on any atom is -0.423 e. The first-order valence-electron chi connectivity index (χ1n) is 10.5. The highest BCUT2D eigenvalue weighted by atomic mass is 16.5. The van der Waals surface area contributed by atoms with Gasteiger partial charge in [0.2, 0.25) is 0 Å². The van der Waals surface area contributed by atoms with Crippen molar-refractivity contribution in [2.24, 2.45) is 0 Å². The molecule has 0 radical (unpaired) electrons. The molecule has 4 heteroatoms. The van der Waals surface area contributed by atoms with Crippen molar-refractivity contribution in [3.63, 3.8) is 0 Å². The molecule has 0 fully saturated rings. The summed E-state index contributed by atoms with van der Waals surface area (Å²) in [5, 5.41) is 5.89. The molecule has 1 N–H and O–H groups in total. The van der Waals surface area contributed by atoms with E-state index < -0.39 is 0 Å². The fourth-order valence-corrected chi connectivity index (χ4v) is 4.84. The molecule has 0 saturated carbocycles. The smallest absolute Gasteiger partial charge is 0.342 e. The maximum Gasteiger partial charge on any atom is 0.342 e. The first-order valence-corrected chi connectivity index (χ1v) is 10.5. The van der Waals surface area contributed by atoms with Gasteiger partial charge in [0.1, 0.15) is 5.75 Å². The van der Waals surface area contributed by atoms with E-state index in [9.17, 15) is 4.79 Å². The highest BCUT2D eigenvalue weighted by Crippen LogP contribution is 2.50. The average molecular weight is 404 g/mol. The van der Waals surface area contributed by atoms with E-state index in [4.69, 9.17) is 4.74 Å². The topological polar surface area (TPSA) is 51.2 Å². The Bertz CT molecular complexity index is 1330. The predicted molar refractivity (Wildman–Crippen MR) is 120 cm³/mol. The Balaban J connectivity index is 1.61. The van der Waals surface area contributed by atoms with Crippen molar-refractivity contribution in [2.75, 3.05) is 0 Å². The van der Waals surface area contributed by atoms with Crippen molar-refractivity contribution in [1.29, 1.82) is 0 Å². The average Bonchev–Trinajstić information content (AvgIpc) is 2.84. The lowest BCUT2D eigenvalue weighted by Crippen LogP contribution is -2.36. The van der Waals surface area contributed by atoms with E-state index in [1.807, 2.05) is 79.0 Å². The number of fused-ring (bicyclic) bond motifs is 5. The molecule has 2 atom stereocenters. The second-order valence-corrected chi connectivity index (χ2v) is 7.98. The quantitative estimate of drug-likeness (QED) is 0.360. The van der Waals surface area contributed by atoms with Crippen LogP contribution in [0.3, 0.4) is 0 Å². The number of pyridine rings is 1. The van der Waals surface area contributed by atoms with Crippen LogP contribution in [-0.2, 0) is 4.79 Å². The van der Waals surface area contributed by atoms with Crippen LogP contribution in [0.5, 0.6) is 5.75 Å². The normalized spacial score (nSPS) is 19.9. The number of carbonyl (C=O) groups is 1. The molecule has 1 aromatic heterocycles. The molecule has 0 bridgehead atoms. The Morgan fingerprint density at radius 2 is 1.68 bits per heavy atom. The Morgan fingerprint density at radius 3 is 2.52 bits per heavy atom. The van der Waals surface area contributed by atoms with Gasteiger partial charge in [-0.2, -0.15) is 0 Å². The summed E-state index contributed by atoms with van der Waals surface area (Å²) in [6.45, 7) is 0. The van der Waals surface area contributed by atoms with Gasteiger partial charge in [-0.3, -0.25) is 4.98 Å². The first kappa shape index (κ1) is 17.9. The third-order valence-electron chi connectivity index (χ3n) is 6.22. The third-order valence-corrected chi connectivity index (χ3v) is 6.22. The van der Waals surface area contributed by atoms with Crippen LogP contribution in [0.25, 0.3) is 16.5 Å². The summed E-state index contributed by atoms with van der Waals surface area (Å²) in [5.74, 6) is 0.302. The molecule has 0 spiro atoms. The second-order valence-electron chi connectivity index (χ2n) is 7.98. The first-order chi connectivity index (χ1) is 15.3. The number of aromatic nitrogens is 1. The summed E-state index contributed by atoms with van der Waals surface area (Å²) in [7, 11) is 0. The van der Waals surface area contributed by atoms with Crippen molar-refractivity contribution >= 4 is 22.4 Å². The van der Waals surface area contributed by atoms with Crippen molar-refractivity contribution in [1.82, 2.24) is 10.3 Å². The number of ether oxygens (including phenoxy) is 1. The number of nitrogens with zero attached hydrogens (tertiary/aromatic N) is 1. The lowest BCUT2D eigenvalue weighted by molar-refractivity contribution is -0.131. The fourth-order valence-electron chi connectivity index (χ4n) is 4.84. The van der Waals surface area contributed by atoms with E-state index >= 15 is 0 Å². The summed E-state index contributed by atoms with van der Waals surface area (Å²) >= 11 is 0. The molecule has 3 heterocycles. The zero-order chi connectivity index (χ0) is 20.8. The van der Waals surface area contributed by atoms with Gasteiger partial charge in [0.25, 0.3) is 0 Å². The summed E-state index contributed by atoms with van der Waals surface area (Å²) in [6.07, 6.45) is 2.55. The maximum absolute atomic E-state index is 13.2. The van der Waals surface area contributed by atoms with Gasteiger partial charge in [-0.15, -0.1) is 0 Å². The van der Waals surface area contributed by atoms with Crippen molar-refractivity contribution in [3.05, 3.63) is 114 Å². The fraction of sp³-hybridized carbons (Fsp3) is 0.111. The molecule has 4 nitrogen and oxygen atoms in total. The summed E-state index contributed by atoms with van der Waals surface area (Å²) in [4.78, 5) is 17.8. The zero-order valence-electron chi connectivity index (χ0n) is 16.8. The van der Waals surface area contributed by atoms with Gasteiger partial charge in [-0.25, -0.2) is 4.79 Å². The number of hydrogen-bond acceptors (Lipinski definition) is 4. The molecule has 2 unspecified atom stereocenters. The standard InChI is InChI=1S/C27H20N2O2/c30-27-25-20(24-19-11-5-4-8-17(19)13-14-23(24)31-27)16-22(21-12-6-7-15-28-21)29-26(25)18-9-2-1-3-10-18/h1-15,20,22,29H,16H2. The largest absolute Gasteiger partial charge is 0.423 e. The van der Waals surface area contributed by atoms with E-state index in [1.165, 1.54) is 0 Å². The van der Waals surface area contributed by atoms with Crippen molar-refractivity contribution in [3.8, 4) is 5.75 Å². The minimum absolute atomic E-state index is 0.0112. The van der Waals surface area contributed by atoms with Crippen LogP contribution in [0.15, 0.2) is 96.7 Å². The Labute approximate surface area is 180 Å². The monoisotopic (exact) mass is 404 g/mol. The molecule has 2 aliphatic heterocycles. The van der Waals surface area contributed by atoms with Crippen LogP contribution >= 0.6 is 0 Å². The highest BCUT2D eigenvalue weighted by Gasteiger charge is 2.41. The molecular formula is C27H20N2O2. The van der Waals surface area contributed by atoms with Gasteiger partial charge >= 0.3 is 5.97 Å². The van der Waals surface area contributed by atoms with E-state index in [-0.39, 0.29) is 17.9 Å². The van der Waals surface area contributed by atoms with Gasteiger partial charge in [-0.1, -0.05) is 66.7 Å². The molecular weight excluding hydrogens is 384 g/mol. The lowest BCUT2D eigenvalue weighted by atomic mass is 9.76. The van der Waals surface area contributed by atoms with Gasteiger partial charge in [0, 0.05) is 17.7 Å². The van der Waals surface area contributed by atoms with Crippen molar-refractivity contribution < 1.29 is 9.53 Å². The number of rotatable bonds is 2. The van der Waals surface area contributed by atoms with Crippen molar-refractivity contribution in [2.45, 2.75) is 18.4 Å². The van der Waals surface area contributed by atoms with E-state index in [1.54, 1.807) is 0 Å². The van der Waals surface area contributed by atoms with Gasteiger partial charge < -0.3 is 10.1 Å². The predicted octanol–water partition coefficient (Wildman–Crippen LogP) is 5.38. The van der Waals surface area contributed by atoms with Crippen LogP contribution in [0.1, 0.15) is 35.2 Å². The van der Waals surface area contributed by atoms with Crippen LogP contribution in [0, 0.1) is 0 Å². The van der Waals surface area contributed by atoms with Crippen LogP contribution in [0.2, 0.25) is 0 Å². The number of hydrogen-bond donors (Lipinski definition) is 1. The van der Waals surface area contributed by atoms with E-state index in [0.717, 1.165) is 39.7 Å². The SMILES string of the molecule is O=C1Oc2ccc3ccccc3c2C2CC(c3ccccn3)NC(c3ccccc3)=C12. The van der Waals surface area contributed by atoms with Crippen LogP contribution < -0.4 is 10.1 Å². The Kier molecular flexibility index (Phi) is 4.10. The molecule has 0 saturated heterocycles. The molecule has 4 aromatic rings. The van der Waals surface area contributed by atoms with E-state index in [0.29, 0.717) is 11.3 Å². The zero-order valence-corrected chi connectivity index (χ0v) is 16.8. The van der Waals surface area contributed by atoms with Crippen LogP contribution in [-0.4, -0.2) is 11.0 Å². The third kappa shape index (κ3) is 2.91. The van der Waals surface area contributed by atoms with Gasteiger partial charge in [0.05, 0.1) is 23.0 Å². The molecule has 2 aliphatic rings. The van der Waals surface area contributed by atoms with Gasteiger partial charge in [0.15, 0.2) is 0 Å². The summed E-state index contributed by atoms with van der Waals surface area (Å²) in [6, 6.07) is 28.2. The molecule has 6 rings (SSSR count). The lowest BCUT2D eigenvalue weighted by Gasteiger charge is -2.38. The molecule has 150 valence electrons. The molecule has 31 heavy (non-hydrogen) atoms. The Morgan fingerprint density at radius 1 is 0.871 bits per heavy atom. The summed E-state index contributed by atoms with van der Waals surface area (Å²) in [5.41, 5.74) is 4.56. The number of benzene rings is 3. The highest BCUT2D eigenvalue weighted by molar-refractivity contribution is 6.04. The molecule has 3 aromatic carbocycles. The van der Waals surface area contributed by atoms with E-state index in [2.05, 4.69) is 22.4 Å². The molecule has 0 amide bonds.